The Morgan fingerprint density at radius 1 is 0.679 bits per heavy atom. The molecule has 0 saturated heterocycles. The van der Waals surface area contributed by atoms with E-state index in [1.165, 1.54) is 0 Å². The van der Waals surface area contributed by atoms with Gasteiger partial charge in [-0.05, 0) is 99.0 Å². The van der Waals surface area contributed by atoms with Gasteiger partial charge in [0.15, 0.2) is 6.61 Å². The molecule has 15 heteroatoms. The molecule has 0 atom stereocenters. The number of fused-ring (bicyclic) bond motifs is 8. The van der Waals surface area contributed by atoms with E-state index in [2.05, 4.69) is 5.32 Å². The molecule has 274 valence electrons. The van der Waals surface area contributed by atoms with Crippen LogP contribution < -0.4 is 10.1 Å². The first-order chi connectivity index (χ1) is 25.0. The number of hydrogen-bond donors (Lipinski definition) is 4. The summed E-state index contributed by atoms with van der Waals surface area (Å²) in [6.07, 6.45) is -0.995. The third kappa shape index (κ3) is 8.19. The number of phenolic OH excluding ortho intramolecular Hbond substituents is 3. The summed E-state index contributed by atoms with van der Waals surface area (Å²) in [5.74, 6) is -1.57. The van der Waals surface area contributed by atoms with Crippen LogP contribution in [0.3, 0.4) is 0 Å². The van der Waals surface area contributed by atoms with Crippen LogP contribution in [0.1, 0.15) is 50.1 Å². The zero-order valence-electron chi connectivity index (χ0n) is 28.0. The van der Waals surface area contributed by atoms with Crippen molar-refractivity contribution in [3.8, 4) is 34.1 Å². The van der Waals surface area contributed by atoms with Crippen LogP contribution in [0.4, 0.5) is 0 Å². The van der Waals surface area contributed by atoms with Gasteiger partial charge in [0.1, 0.15) is 43.2 Å². The number of aromatic hydroxyl groups is 3. The van der Waals surface area contributed by atoms with Gasteiger partial charge in [-0.15, -0.1) is 0 Å². The van der Waals surface area contributed by atoms with Crippen LogP contribution in [0.2, 0.25) is 0 Å². The van der Waals surface area contributed by atoms with Crippen molar-refractivity contribution in [3.63, 3.8) is 0 Å². The summed E-state index contributed by atoms with van der Waals surface area (Å²) in [4.78, 5) is 11.3. The van der Waals surface area contributed by atoms with Crippen LogP contribution >= 0.6 is 12.2 Å². The maximum absolute atomic E-state index is 12.6. The fourth-order valence-corrected chi connectivity index (χ4v) is 7.83. The smallest absolute Gasteiger partial charge is 0.262 e. The van der Waals surface area contributed by atoms with Crippen LogP contribution in [0.15, 0.2) is 88.7 Å². The average Bonchev–Trinajstić information content (AvgIpc) is 3.08. The molecule has 1 aliphatic rings. The van der Waals surface area contributed by atoms with Crippen molar-refractivity contribution in [2.24, 2.45) is 0 Å². The number of benzene rings is 5. The van der Waals surface area contributed by atoms with Crippen molar-refractivity contribution in [2.75, 3.05) is 6.61 Å². The quantitative estimate of drug-likeness (QED) is 0.128. The van der Waals surface area contributed by atoms with Crippen molar-refractivity contribution in [1.82, 2.24) is 5.32 Å². The molecular weight excluding hydrogens is 743 g/mol. The molecule has 12 nitrogen and oxygen atoms in total. The Morgan fingerprint density at radius 2 is 1.08 bits per heavy atom. The largest absolute Gasteiger partial charge is 0.744 e. The summed E-state index contributed by atoms with van der Waals surface area (Å²) in [6.45, 7) is 1.15. The number of nitrogens with one attached hydrogen (secondary N) is 1. The zero-order valence-corrected chi connectivity index (χ0v) is 30.4. The summed E-state index contributed by atoms with van der Waals surface area (Å²) in [6, 6.07) is 19.7. The van der Waals surface area contributed by atoms with Crippen LogP contribution in [0.25, 0.3) is 11.1 Å². The van der Waals surface area contributed by atoms with E-state index in [4.69, 9.17) is 17.0 Å². The fraction of sp³-hybridized carbons (Fsp3) is 0.158. The summed E-state index contributed by atoms with van der Waals surface area (Å²) in [7, 11) is -10.1. The van der Waals surface area contributed by atoms with E-state index in [9.17, 15) is 46.1 Å². The Labute approximate surface area is 310 Å². The SMILES string of the molecule is Cc1cc2c(O)c(c1)Cc1cc(S(=O)(=O)[O-])cc(c1O)Cc1cc(-c3ccccc3)cc(c1OCC(=O)NC=S)Cc1cc(S(=O)(=O)[O-])cc(c1O)C2. The minimum Gasteiger partial charge on any atom is -0.744 e. The topological polar surface area (TPSA) is 213 Å². The van der Waals surface area contributed by atoms with Crippen molar-refractivity contribution in [2.45, 2.75) is 42.4 Å². The maximum Gasteiger partial charge on any atom is 0.262 e. The molecule has 0 unspecified atom stereocenters. The van der Waals surface area contributed by atoms with Gasteiger partial charge >= 0.3 is 0 Å². The molecule has 1 amide bonds. The highest BCUT2D eigenvalue weighted by Crippen LogP contribution is 2.41. The average molecular weight is 774 g/mol. The second-order valence-corrected chi connectivity index (χ2v) is 15.7. The van der Waals surface area contributed by atoms with Gasteiger partial charge in [0.05, 0.1) is 15.3 Å². The van der Waals surface area contributed by atoms with E-state index in [0.29, 0.717) is 27.8 Å². The molecule has 0 fully saturated rings. The van der Waals surface area contributed by atoms with Crippen molar-refractivity contribution < 1.29 is 50.8 Å². The monoisotopic (exact) mass is 773 g/mol. The lowest BCUT2D eigenvalue weighted by Crippen LogP contribution is -2.27. The Kier molecular flexibility index (Phi) is 10.3. The molecule has 0 heterocycles. The fourth-order valence-electron chi connectivity index (χ4n) is 6.55. The van der Waals surface area contributed by atoms with E-state index in [1.807, 2.05) is 12.1 Å². The summed E-state index contributed by atoms with van der Waals surface area (Å²) >= 11 is 4.73. The van der Waals surface area contributed by atoms with Gasteiger partial charge in [0.25, 0.3) is 5.91 Å². The van der Waals surface area contributed by atoms with E-state index in [1.54, 1.807) is 49.4 Å². The second-order valence-electron chi connectivity index (χ2n) is 12.7. The van der Waals surface area contributed by atoms with Crippen LogP contribution in [0, 0.1) is 6.92 Å². The van der Waals surface area contributed by atoms with E-state index in [-0.39, 0.29) is 82.1 Å². The summed E-state index contributed by atoms with van der Waals surface area (Å²) in [5.41, 5.74) is 3.98. The number of rotatable bonds is 7. The number of carbonyl (C=O) groups excluding carboxylic acids is 1. The molecule has 53 heavy (non-hydrogen) atoms. The van der Waals surface area contributed by atoms with Crippen molar-refractivity contribution >= 4 is 43.9 Å². The van der Waals surface area contributed by atoms with Crippen molar-refractivity contribution in [1.29, 1.82) is 0 Å². The van der Waals surface area contributed by atoms with Gasteiger partial charge in [-0.25, -0.2) is 16.8 Å². The lowest BCUT2D eigenvalue weighted by molar-refractivity contribution is -0.121. The third-order valence-electron chi connectivity index (χ3n) is 8.91. The first-order valence-corrected chi connectivity index (χ1v) is 19.3. The molecule has 5 aromatic carbocycles. The minimum absolute atomic E-state index is 0.00251. The van der Waals surface area contributed by atoms with E-state index in [0.717, 1.165) is 29.8 Å². The predicted molar refractivity (Wildman–Crippen MR) is 195 cm³/mol. The van der Waals surface area contributed by atoms with E-state index >= 15 is 0 Å². The van der Waals surface area contributed by atoms with Gasteiger partial charge in [-0.2, -0.15) is 0 Å². The number of phenols is 3. The Morgan fingerprint density at radius 3 is 1.47 bits per heavy atom. The predicted octanol–water partition coefficient (Wildman–Crippen LogP) is 4.72. The Hall–Kier alpha value is -5.32. The molecular formula is C38H31NO11S3-2. The first-order valence-electron chi connectivity index (χ1n) is 16.0. The molecule has 0 aliphatic heterocycles. The van der Waals surface area contributed by atoms with Crippen LogP contribution in [-0.2, 0) is 50.7 Å². The third-order valence-corrected chi connectivity index (χ3v) is 10.7. The van der Waals surface area contributed by atoms with Gasteiger partial charge < -0.3 is 34.5 Å². The van der Waals surface area contributed by atoms with E-state index < -0.39 is 42.5 Å². The van der Waals surface area contributed by atoms with Gasteiger partial charge in [-0.3, -0.25) is 4.79 Å². The maximum atomic E-state index is 12.6. The van der Waals surface area contributed by atoms with Crippen LogP contribution in [-0.4, -0.2) is 59.3 Å². The summed E-state index contributed by atoms with van der Waals surface area (Å²) in [5, 5.41) is 37.1. The van der Waals surface area contributed by atoms with Crippen molar-refractivity contribution in [3.05, 3.63) is 129 Å². The molecule has 0 radical (unpaired) electrons. The molecule has 5 aromatic rings. The number of ether oxygens (including phenoxy) is 1. The minimum atomic E-state index is -5.05. The second kappa shape index (κ2) is 14.6. The highest BCUT2D eigenvalue weighted by Gasteiger charge is 2.24. The Balaban J connectivity index is 1.71. The standard InChI is InChI=1S/C38H33NO11S3/c1-21-7-24-11-26-15-32(52(44,45)46)17-28(36(26)42)13-30-9-23(22-5-3-2-4-6-22)10-31(38(30)50-19-34(40)39-20-51)14-29-18-33(53(47,48)49)16-27(37(29)43)12-25(8-21)35(24)41/h2-10,15-18,20,41-43H,11-14,19H2,1H3,(H,39,40,51)(H,44,45,46)(H,47,48,49)/p-2. The van der Waals surface area contributed by atoms with Crippen LogP contribution in [0.5, 0.6) is 23.0 Å². The molecule has 4 N–H and O–H groups in total. The number of hydrogen-bond acceptors (Lipinski definition) is 12. The lowest BCUT2D eigenvalue weighted by atomic mass is 9.89. The number of aryl methyl sites for hydroxylation is 1. The molecule has 8 bridgehead atoms. The molecule has 1 aliphatic carbocycles. The Bertz CT molecular complexity index is 2380. The zero-order chi connectivity index (χ0) is 38.2. The number of carbonyl (C=O) groups is 1. The first kappa shape index (κ1) is 37.4. The normalized spacial score (nSPS) is 12.9. The number of amides is 1. The highest BCUT2D eigenvalue weighted by molar-refractivity contribution is 7.86. The van der Waals surface area contributed by atoms with Gasteiger partial charge in [0, 0.05) is 25.7 Å². The molecule has 0 saturated carbocycles. The number of thiocarbonyl (C=S) groups is 1. The molecule has 6 rings (SSSR count). The molecule has 0 aromatic heterocycles. The highest BCUT2D eigenvalue weighted by atomic mass is 32.2. The lowest BCUT2D eigenvalue weighted by Gasteiger charge is -2.22. The van der Waals surface area contributed by atoms with Gasteiger partial charge in [-0.1, -0.05) is 60.2 Å². The molecule has 0 spiro atoms. The van der Waals surface area contributed by atoms with Gasteiger partial charge in [0.2, 0.25) is 0 Å². The summed E-state index contributed by atoms with van der Waals surface area (Å²) < 4.78 is 80.7.